The van der Waals surface area contributed by atoms with Gasteiger partial charge in [-0.05, 0) is 12.0 Å². The quantitative estimate of drug-likeness (QED) is 0.788. The van der Waals surface area contributed by atoms with Crippen LogP contribution < -0.4 is 4.90 Å². The number of rotatable bonds is 6. The first-order chi connectivity index (χ1) is 7.63. The molecule has 0 saturated carbocycles. The third-order valence-electron chi connectivity index (χ3n) is 2.23. The summed E-state index contributed by atoms with van der Waals surface area (Å²) in [6.45, 7) is 2.52. The highest BCUT2D eigenvalue weighted by molar-refractivity contribution is 5.67. The molecule has 16 heavy (non-hydrogen) atoms. The number of carboxylic acids is 1. The Hall–Kier alpha value is -1.65. The number of aromatic nitrogens is 2. The van der Waals surface area contributed by atoms with Crippen LogP contribution in [0, 0.1) is 0 Å². The zero-order valence-corrected chi connectivity index (χ0v) is 9.68. The van der Waals surface area contributed by atoms with Gasteiger partial charge in [0, 0.05) is 26.0 Å². The van der Waals surface area contributed by atoms with Gasteiger partial charge in [0.1, 0.15) is 0 Å². The highest BCUT2D eigenvalue weighted by Crippen LogP contribution is 2.06. The van der Waals surface area contributed by atoms with Gasteiger partial charge >= 0.3 is 5.97 Å². The molecule has 0 aliphatic carbocycles. The minimum absolute atomic E-state index is 0.0938. The predicted molar refractivity (Wildman–Crippen MR) is 61.5 cm³/mol. The van der Waals surface area contributed by atoms with E-state index in [4.69, 9.17) is 5.11 Å². The molecule has 0 bridgehead atoms. The molecule has 1 N–H and O–H groups in total. The number of hydrogen-bond donors (Lipinski definition) is 1. The Morgan fingerprint density at radius 2 is 2.06 bits per heavy atom. The smallest absolute Gasteiger partial charge is 0.305 e. The first kappa shape index (κ1) is 12.4. The van der Waals surface area contributed by atoms with Gasteiger partial charge in [-0.1, -0.05) is 13.3 Å². The van der Waals surface area contributed by atoms with Crippen LogP contribution in [0.3, 0.4) is 0 Å². The van der Waals surface area contributed by atoms with Crippen LogP contribution in [0.4, 0.5) is 5.95 Å². The van der Waals surface area contributed by atoms with Crippen LogP contribution in [0.25, 0.3) is 0 Å². The Morgan fingerprint density at radius 1 is 1.44 bits per heavy atom. The lowest BCUT2D eigenvalue weighted by Gasteiger charge is -2.15. The molecule has 0 fully saturated rings. The molecule has 5 heteroatoms. The van der Waals surface area contributed by atoms with E-state index in [1.54, 1.807) is 24.3 Å². The molecule has 1 rings (SSSR count). The van der Waals surface area contributed by atoms with Gasteiger partial charge in [-0.2, -0.15) is 0 Å². The van der Waals surface area contributed by atoms with Gasteiger partial charge in [-0.15, -0.1) is 0 Å². The van der Waals surface area contributed by atoms with Crippen LogP contribution in [-0.4, -0.2) is 34.6 Å². The average molecular weight is 223 g/mol. The second-order valence-corrected chi connectivity index (χ2v) is 3.71. The van der Waals surface area contributed by atoms with E-state index >= 15 is 0 Å². The lowest BCUT2D eigenvalue weighted by atomic mass is 10.2. The molecule has 88 valence electrons. The van der Waals surface area contributed by atoms with Gasteiger partial charge < -0.3 is 10.0 Å². The number of aryl methyl sites for hydroxylation is 1. The summed E-state index contributed by atoms with van der Waals surface area (Å²) in [7, 11) is 1.79. The van der Waals surface area contributed by atoms with Crippen molar-refractivity contribution in [3.8, 4) is 0 Å². The van der Waals surface area contributed by atoms with Crippen molar-refractivity contribution in [2.24, 2.45) is 0 Å². The van der Waals surface area contributed by atoms with E-state index in [-0.39, 0.29) is 6.42 Å². The standard InChI is InChI=1S/C11H17N3O2/c1-3-4-9-7-12-11(13-8-9)14(2)6-5-10(15)16/h7-8H,3-6H2,1-2H3,(H,15,16). The molecule has 0 aliphatic heterocycles. The SMILES string of the molecule is CCCc1cnc(N(C)CCC(=O)O)nc1. The van der Waals surface area contributed by atoms with Gasteiger partial charge in [0.15, 0.2) is 0 Å². The van der Waals surface area contributed by atoms with Crippen LogP contribution >= 0.6 is 0 Å². The fraction of sp³-hybridized carbons (Fsp3) is 0.545. The fourth-order valence-electron chi connectivity index (χ4n) is 1.33. The topological polar surface area (TPSA) is 66.3 Å². The number of anilines is 1. The summed E-state index contributed by atoms with van der Waals surface area (Å²) < 4.78 is 0. The predicted octanol–water partition coefficient (Wildman–Crippen LogP) is 1.34. The van der Waals surface area contributed by atoms with Crippen molar-refractivity contribution in [1.29, 1.82) is 0 Å². The second kappa shape index (κ2) is 6.05. The minimum Gasteiger partial charge on any atom is -0.481 e. The van der Waals surface area contributed by atoms with Crippen LogP contribution in [0.15, 0.2) is 12.4 Å². The third-order valence-corrected chi connectivity index (χ3v) is 2.23. The highest BCUT2D eigenvalue weighted by atomic mass is 16.4. The molecule has 5 nitrogen and oxygen atoms in total. The van der Waals surface area contributed by atoms with Crippen LogP contribution in [0.5, 0.6) is 0 Å². The van der Waals surface area contributed by atoms with E-state index in [0.29, 0.717) is 12.5 Å². The van der Waals surface area contributed by atoms with E-state index in [2.05, 4.69) is 16.9 Å². The highest BCUT2D eigenvalue weighted by Gasteiger charge is 2.06. The van der Waals surface area contributed by atoms with Crippen molar-refractivity contribution in [3.63, 3.8) is 0 Å². The molecule has 0 spiro atoms. The lowest BCUT2D eigenvalue weighted by molar-refractivity contribution is -0.136. The van der Waals surface area contributed by atoms with Crippen molar-refractivity contribution in [1.82, 2.24) is 9.97 Å². The third kappa shape index (κ3) is 3.84. The van der Waals surface area contributed by atoms with Gasteiger partial charge in [0.2, 0.25) is 5.95 Å². The molecule has 0 unspecified atom stereocenters. The molecular formula is C11H17N3O2. The zero-order valence-electron chi connectivity index (χ0n) is 9.68. The zero-order chi connectivity index (χ0) is 12.0. The van der Waals surface area contributed by atoms with E-state index in [1.807, 2.05) is 0 Å². The molecule has 0 atom stereocenters. The Kier molecular flexibility index (Phi) is 4.69. The Morgan fingerprint density at radius 3 is 2.56 bits per heavy atom. The summed E-state index contributed by atoms with van der Waals surface area (Å²) >= 11 is 0. The molecule has 0 aliphatic rings. The van der Waals surface area contributed by atoms with Crippen molar-refractivity contribution >= 4 is 11.9 Å². The van der Waals surface area contributed by atoms with Gasteiger partial charge in [-0.3, -0.25) is 4.79 Å². The molecule has 1 aromatic heterocycles. The minimum atomic E-state index is -0.811. The van der Waals surface area contributed by atoms with Crippen molar-refractivity contribution in [2.75, 3.05) is 18.5 Å². The van der Waals surface area contributed by atoms with Crippen molar-refractivity contribution < 1.29 is 9.90 Å². The largest absolute Gasteiger partial charge is 0.481 e. The van der Waals surface area contributed by atoms with Gasteiger partial charge in [0.05, 0.1) is 6.42 Å². The maximum absolute atomic E-state index is 10.4. The molecular weight excluding hydrogens is 206 g/mol. The number of nitrogens with zero attached hydrogens (tertiary/aromatic N) is 3. The maximum atomic E-state index is 10.4. The summed E-state index contributed by atoms with van der Waals surface area (Å²) in [5.74, 6) is -0.240. The summed E-state index contributed by atoms with van der Waals surface area (Å²) in [6.07, 6.45) is 5.72. The normalized spacial score (nSPS) is 10.1. The van der Waals surface area contributed by atoms with Crippen molar-refractivity contribution in [3.05, 3.63) is 18.0 Å². The Balaban J connectivity index is 2.55. The Labute approximate surface area is 95.1 Å². The summed E-state index contributed by atoms with van der Waals surface area (Å²) in [6, 6.07) is 0. The van der Waals surface area contributed by atoms with Crippen molar-refractivity contribution in [2.45, 2.75) is 26.2 Å². The van der Waals surface area contributed by atoms with E-state index in [9.17, 15) is 4.79 Å². The van der Waals surface area contributed by atoms with Crippen LogP contribution in [0.1, 0.15) is 25.3 Å². The molecule has 0 radical (unpaired) electrons. The summed E-state index contributed by atoms with van der Waals surface area (Å²) in [4.78, 5) is 20.5. The number of carbonyl (C=O) groups is 1. The fourth-order valence-corrected chi connectivity index (χ4v) is 1.33. The average Bonchev–Trinajstić information content (AvgIpc) is 2.27. The first-order valence-corrected chi connectivity index (χ1v) is 5.37. The van der Waals surface area contributed by atoms with Gasteiger partial charge in [-0.25, -0.2) is 9.97 Å². The summed E-state index contributed by atoms with van der Waals surface area (Å²) in [5.41, 5.74) is 1.11. The van der Waals surface area contributed by atoms with Crippen LogP contribution in [0.2, 0.25) is 0 Å². The molecule has 1 aromatic rings. The second-order valence-electron chi connectivity index (χ2n) is 3.71. The molecule has 0 amide bonds. The molecule has 1 heterocycles. The van der Waals surface area contributed by atoms with E-state index < -0.39 is 5.97 Å². The first-order valence-electron chi connectivity index (χ1n) is 5.37. The monoisotopic (exact) mass is 223 g/mol. The number of carboxylic acid groups (broad SMARTS) is 1. The van der Waals surface area contributed by atoms with Gasteiger partial charge in [0.25, 0.3) is 0 Å². The Bertz CT molecular complexity index is 338. The number of hydrogen-bond acceptors (Lipinski definition) is 4. The van der Waals surface area contributed by atoms with Crippen LogP contribution in [-0.2, 0) is 11.2 Å². The molecule has 0 aromatic carbocycles. The maximum Gasteiger partial charge on any atom is 0.305 e. The van der Waals surface area contributed by atoms with E-state index in [0.717, 1.165) is 18.4 Å². The number of aliphatic carboxylic acids is 1. The molecule has 0 saturated heterocycles. The van der Waals surface area contributed by atoms with E-state index in [1.165, 1.54) is 0 Å². The lowest BCUT2D eigenvalue weighted by Crippen LogP contribution is -2.23. The summed E-state index contributed by atoms with van der Waals surface area (Å²) in [5, 5.41) is 8.56.